The largest absolute Gasteiger partial charge is 0.478 e. The number of nitrogens with one attached hydrogen (secondary N) is 2. The van der Waals surface area contributed by atoms with Gasteiger partial charge in [-0.15, -0.1) is 0 Å². The van der Waals surface area contributed by atoms with Crippen molar-refractivity contribution < 1.29 is 22.7 Å². The molecule has 1 aromatic heterocycles. The van der Waals surface area contributed by atoms with Crippen molar-refractivity contribution in [2.75, 3.05) is 4.72 Å². The number of sulfonamides is 1. The van der Waals surface area contributed by atoms with Gasteiger partial charge in [0.25, 0.3) is 10.0 Å². The molecule has 0 fully saturated rings. The summed E-state index contributed by atoms with van der Waals surface area (Å²) >= 11 is 0. The van der Waals surface area contributed by atoms with Crippen molar-refractivity contribution in [3.63, 3.8) is 0 Å². The molecule has 21 heavy (non-hydrogen) atoms. The number of carbonyl (C=O) groups is 1. The number of benzene rings is 1. The number of aromatic amines is 1. The molecule has 0 spiro atoms. The second-order valence-electron chi connectivity index (χ2n) is 4.19. The molecule has 112 valence electrons. The van der Waals surface area contributed by atoms with Gasteiger partial charge >= 0.3 is 5.97 Å². The number of halogens is 1. The van der Waals surface area contributed by atoms with Crippen molar-refractivity contribution >= 4 is 21.8 Å². The number of rotatable bonds is 5. The molecule has 0 radical (unpaired) electrons. The number of hydrogen-bond acceptors (Lipinski definition) is 4. The minimum Gasteiger partial charge on any atom is -0.478 e. The van der Waals surface area contributed by atoms with Gasteiger partial charge in [-0.3, -0.25) is 9.82 Å². The fraction of sp³-hybridized carbons (Fsp3) is 0.167. The molecule has 1 heterocycles. The van der Waals surface area contributed by atoms with E-state index in [0.29, 0.717) is 12.1 Å². The molecule has 7 nitrogen and oxygen atoms in total. The molecule has 0 aliphatic carbocycles. The third kappa shape index (κ3) is 3.19. The maximum atomic E-state index is 13.7. The number of aromatic carboxylic acids is 1. The molecule has 0 saturated carbocycles. The van der Waals surface area contributed by atoms with Gasteiger partial charge in [0, 0.05) is 11.8 Å². The van der Waals surface area contributed by atoms with Gasteiger partial charge in [-0.1, -0.05) is 6.92 Å². The Bertz CT molecular complexity index is 786. The van der Waals surface area contributed by atoms with E-state index in [9.17, 15) is 17.6 Å². The van der Waals surface area contributed by atoms with Crippen molar-refractivity contribution in [3.8, 4) is 0 Å². The maximum Gasteiger partial charge on any atom is 0.335 e. The van der Waals surface area contributed by atoms with E-state index in [0.717, 1.165) is 18.2 Å². The number of aryl methyl sites for hydroxylation is 1. The second kappa shape index (κ2) is 5.52. The van der Waals surface area contributed by atoms with Crippen LogP contribution < -0.4 is 4.72 Å². The minimum atomic E-state index is -4.27. The highest BCUT2D eigenvalue weighted by Gasteiger charge is 2.22. The van der Waals surface area contributed by atoms with Crippen LogP contribution >= 0.6 is 0 Å². The smallest absolute Gasteiger partial charge is 0.335 e. The van der Waals surface area contributed by atoms with Crippen LogP contribution in [0.15, 0.2) is 29.2 Å². The van der Waals surface area contributed by atoms with E-state index in [1.165, 1.54) is 6.07 Å². The zero-order valence-electron chi connectivity index (χ0n) is 10.9. The van der Waals surface area contributed by atoms with Crippen LogP contribution in [0.2, 0.25) is 0 Å². The van der Waals surface area contributed by atoms with Crippen molar-refractivity contribution in [2.24, 2.45) is 0 Å². The average molecular weight is 313 g/mol. The van der Waals surface area contributed by atoms with E-state index >= 15 is 0 Å². The molecule has 2 aromatic rings. The molecular formula is C12H12FN3O4S. The highest BCUT2D eigenvalue weighted by molar-refractivity contribution is 7.92. The standard InChI is InChI=1S/C12H12FN3O4S/c1-2-8-6-11(15-14-8)16-21(19,20)10-5-7(12(17)18)3-4-9(10)13/h3-6H,2H2,1H3,(H,17,18)(H2,14,15,16). The lowest BCUT2D eigenvalue weighted by Gasteiger charge is -2.07. The van der Waals surface area contributed by atoms with E-state index < -0.39 is 26.7 Å². The Hall–Kier alpha value is -2.42. The molecule has 0 amide bonds. The average Bonchev–Trinajstić information content (AvgIpc) is 2.85. The number of carboxylic acid groups (broad SMARTS) is 1. The molecule has 0 bridgehead atoms. The summed E-state index contributed by atoms with van der Waals surface area (Å²) in [5, 5.41) is 15.2. The molecule has 0 saturated heterocycles. The number of H-pyrrole nitrogens is 1. The van der Waals surface area contributed by atoms with Crippen molar-refractivity contribution in [2.45, 2.75) is 18.2 Å². The number of nitrogens with zero attached hydrogens (tertiary/aromatic N) is 1. The van der Waals surface area contributed by atoms with Gasteiger partial charge in [-0.25, -0.2) is 17.6 Å². The second-order valence-corrected chi connectivity index (χ2v) is 5.84. The van der Waals surface area contributed by atoms with Crippen LogP contribution in [0.5, 0.6) is 0 Å². The Morgan fingerprint density at radius 3 is 2.71 bits per heavy atom. The lowest BCUT2D eigenvalue weighted by atomic mass is 10.2. The van der Waals surface area contributed by atoms with Crippen LogP contribution in [0.1, 0.15) is 23.0 Å². The molecule has 2 rings (SSSR count). The molecule has 0 atom stereocenters. The summed E-state index contributed by atoms with van der Waals surface area (Å²) in [6.45, 7) is 1.85. The lowest BCUT2D eigenvalue weighted by molar-refractivity contribution is 0.0696. The normalized spacial score (nSPS) is 11.3. The first-order chi connectivity index (χ1) is 9.83. The van der Waals surface area contributed by atoms with Gasteiger partial charge in [0.05, 0.1) is 5.56 Å². The Kier molecular flexibility index (Phi) is 3.94. The zero-order chi connectivity index (χ0) is 15.6. The summed E-state index contributed by atoms with van der Waals surface area (Å²) in [5.74, 6) is -2.38. The summed E-state index contributed by atoms with van der Waals surface area (Å²) in [6.07, 6.45) is 0.623. The summed E-state index contributed by atoms with van der Waals surface area (Å²) in [5.41, 5.74) is 0.375. The first-order valence-electron chi connectivity index (χ1n) is 5.93. The molecule has 0 unspecified atom stereocenters. The maximum absolute atomic E-state index is 13.7. The van der Waals surface area contributed by atoms with Crippen LogP contribution in [0.25, 0.3) is 0 Å². The first kappa shape index (κ1) is 15.0. The first-order valence-corrected chi connectivity index (χ1v) is 7.41. The Labute approximate surface area is 119 Å². The molecule has 3 N–H and O–H groups in total. The third-order valence-corrected chi connectivity index (χ3v) is 4.09. The van der Waals surface area contributed by atoms with Crippen molar-refractivity contribution in [1.82, 2.24) is 10.2 Å². The summed E-state index contributed by atoms with van der Waals surface area (Å²) in [6, 6.07) is 4.00. The van der Waals surface area contributed by atoms with E-state index in [2.05, 4.69) is 14.9 Å². The van der Waals surface area contributed by atoms with Crippen molar-refractivity contribution in [1.29, 1.82) is 0 Å². The Morgan fingerprint density at radius 1 is 1.43 bits per heavy atom. The fourth-order valence-corrected chi connectivity index (χ4v) is 2.73. The van der Waals surface area contributed by atoms with E-state index in [1.807, 2.05) is 6.92 Å². The van der Waals surface area contributed by atoms with Crippen LogP contribution in [0, 0.1) is 5.82 Å². The predicted octanol–water partition coefficient (Wildman–Crippen LogP) is 1.61. The number of hydrogen-bond donors (Lipinski definition) is 3. The predicted molar refractivity (Wildman–Crippen MR) is 72.1 cm³/mol. The van der Waals surface area contributed by atoms with Crippen LogP contribution in [0.3, 0.4) is 0 Å². The van der Waals surface area contributed by atoms with Crippen molar-refractivity contribution in [3.05, 3.63) is 41.3 Å². The van der Waals surface area contributed by atoms with Gasteiger partial charge in [0.1, 0.15) is 10.7 Å². The molecular weight excluding hydrogens is 301 g/mol. The lowest BCUT2D eigenvalue weighted by Crippen LogP contribution is -2.15. The van der Waals surface area contributed by atoms with Gasteiger partial charge in [0.15, 0.2) is 5.82 Å². The number of carboxylic acids is 1. The van der Waals surface area contributed by atoms with E-state index in [1.54, 1.807) is 0 Å². The van der Waals surface area contributed by atoms with Gasteiger partial charge in [0.2, 0.25) is 0 Å². The molecule has 0 aliphatic rings. The van der Waals surface area contributed by atoms with Gasteiger partial charge in [-0.2, -0.15) is 5.10 Å². The highest BCUT2D eigenvalue weighted by Crippen LogP contribution is 2.20. The van der Waals surface area contributed by atoms with Crippen LogP contribution in [-0.2, 0) is 16.4 Å². The number of anilines is 1. The summed E-state index contributed by atoms with van der Waals surface area (Å²) < 4.78 is 39.9. The summed E-state index contributed by atoms with van der Waals surface area (Å²) in [4.78, 5) is 10.1. The Balaban J connectivity index is 2.39. The monoisotopic (exact) mass is 313 g/mol. The van der Waals surface area contributed by atoms with Gasteiger partial charge < -0.3 is 5.11 Å². The highest BCUT2D eigenvalue weighted by atomic mass is 32.2. The number of aromatic nitrogens is 2. The molecule has 0 aliphatic heterocycles. The Morgan fingerprint density at radius 2 is 2.14 bits per heavy atom. The topological polar surface area (TPSA) is 112 Å². The minimum absolute atomic E-state index is 0.00646. The van der Waals surface area contributed by atoms with E-state index in [-0.39, 0.29) is 11.4 Å². The zero-order valence-corrected chi connectivity index (χ0v) is 11.7. The van der Waals surface area contributed by atoms with Crippen LogP contribution in [-0.4, -0.2) is 29.7 Å². The molecule has 1 aromatic carbocycles. The quantitative estimate of drug-likeness (QED) is 0.776. The molecule has 9 heteroatoms. The van der Waals surface area contributed by atoms with Gasteiger partial charge in [-0.05, 0) is 24.6 Å². The van der Waals surface area contributed by atoms with E-state index in [4.69, 9.17) is 5.11 Å². The third-order valence-electron chi connectivity index (χ3n) is 2.72. The van der Waals surface area contributed by atoms with Crippen LogP contribution in [0.4, 0.5) is 10.2 Å². The summed E-state index contributed by atoms with van der Waals surface area (Å²) in [7, 11) is -4.27. The fourth-order valence-electron chi connectivity index (χ4n) is 1.63. The SMILES string of the molecule is CCc1cc(NS(=O)(=O)c2cc(C(=O)O)ccc2F)n[nH]1.